The summed E-state index contributed by atoms with van der Waals surface area (Å²) in [6.07, 6.45) is 2.61. The van der Waals surface area contributed by atoms with E-state index in [4.69, 9.17) is 0 Å². The minimum Gasteiger partial charge on any atom is -0.316 e. The Morgan fingerprint density at radius 1 is 1.46 bits per heavy atom. The molecule has 1 aliphatic heterocycles. The predicted octanol–water partition coefficient (Wildman–Crippen LogP) is 1.71. The largest absolute Gasteiger partial charge is 0.316 e. The predicted molar refractivity (Wildman–Crippen MR) is 58.0 cm³/mol. The van der Waals surface area contributed by atoms with Crippen LogP contribution in [0, 0.1) is 5.92 Å². The van der Waals surface area contributed by atoms with Gasteiger partial charge in [-0.3, -0.25) is 4.90 Å². The smallest absolute Gasteiger partial charge is 0.0204 e. The topological polar surface area (TPSA) is 15.3 Å². The van der Waals surface area contributed by atoms with Crippen LogP contribution in [-0.2, 0) is 0 Å². The van der Waals surface area contributed by atoms with Crippen LogP contribution in [0.4, 0.5) is 0 Å². The van der Waals surface area contributed by atoms with E-state index in [2.05, 4.69) is 38.0 Å². The summed E-state index contributed by atoms with van der Waals surface area (Å²) in [5.41, 5.74) is 0. The van der Waals surface area contributed by atoms with Crippen LogP contribution in [0.25, 0.3) is 0 Å². The summed E-state index contributed by atoms with van der Waals surface area (Å²) in [5, 5.41) is 3.36. The van der Waals surface area contributed by atoms with Crippen molar-refractivity contribution < 1.29 is 0 Å². The molecule has 2 nitrogen and oxygen atoms in total. The Morgan fingerprint density at radius 2 is 2.15 bits per heavy atom. The number of nitrogens with one attached hydrogen (secondary N) is 1. The van der Waals surface area contributed by atoms with E-state index in [-0.39, 0.29) is 0 Å². The van der Waals surface area contributed by atoms with Crippen LogP contribution in [0.15, 0.2) is 0 Å². The maximum atomic E-state index is 3.36. The number of hydrogen-bond acceptors (Lipinski definition) is 2. The normalized spacial score (nSPS) is 29.1. The molecule has 3 unspecified atom stereocenters. The number of hydrogen-bond donors (Lipinski definition) is 1. The minimum atomic E-state index is 0.728. The first-order chi connectivity index (χ1) is 6.19. The van der Waals surface area contributed by atoms with Gasteiger partial charge in [-0.05, 0) is 26.3 Å². The average Bonchev–Trinajstić information content (AvgIpc) is 2.63. The molecule has 0 aliphatic carbocycles. The summed E-state index contributed by atoms with van der Waals surface area (Å²) in [6.45, 7) is 9.52. The SMILES string of the molecule is CCC(C)C(C)N1CCC(NC)C1. The fourth-order valence-electron chi connectivity index (χ4n) is 2.09. The van der Waals surface area contributed by atoms with Crippen LogP contribution in [0.3, 0.4) is 0 Å². The van der Waals surface area contributed by atoms with Gasteiger partial charge in [0.25, 0.3) is 0 Å². The second-order valence-electron chi connectivity index (χ2n) is 4.40. The van der Waals surface area contributed by atoms with Crippen LogP contribution >= 0.6 is 0 Å². The molecule has 0 radical (unpaired) electrons. The van der Waals surface area contributed by atoms with Crippen molar-refractivity contribution in [3.05, 3.63) is 0 Å². The summed E-state index contributed by atoms with van der Waals surface area (Å²) in [6, 6.07) is 1.48. The Bertz CT molecular complexity index is 147. The van der Waals surface area contributed by atoms with Crippen molar-refractivity contribution in [1.29, 1.82) is 0 Å². The Balaban J connectivity index is 2.36. The number of nitrogens with zero attached hydrogens (tertiary/aromatic N) is 1. The monoisotopic (exact) mass is 184 g/mol. The molecule has 0 aromatic rings. The number of rotatable bonds is 4. The zero-order valence-electron chi connectivity index (χ0n) is 9.51. The van der Waals surface area contributed by atoms with Crippen LogP contribution < -0.4 is 5.32 Å². The van der Waals surface area contributed by atoms with Gasteiger partial charge in [-0.2, -0.15) is 0 Å². The molecule has 0 aromatic heterocycles. The van der Waals surface area contributed by atoms with Crippen molar-refractivity contribution >= 4 is 0 Å². The molecule has 0 aromatic carbocycles. The quantitative estimate of drug-likeness (QED) is 0.715. The summed E-state index contributed by atoms with van der Waals surface area (Å²) in [4.78, 5) is 2.62. The minimum absolute atomic E-state index is 0.728. The van der Waals surface area contributed by atoms with Crippen LogP contribution in [0.2, 0.25) is 0 Å². The molecule has 0 bridgehead atoms. The summed E-state index contributed by atoms with van der Waals surface area (Å²) >= 11 is 0. The first-order valence-electron chi connectivity index (χ1n) is 5.60. The second-order valence-corrected chi connectivity index (χ2v) is 4.40. The molecule has 1 aliphatic rings. The lowest BCUT2D eigenvalue weighted by Gasteiger charge is -2.29. The maximum Gasteiger partial charge on any atom is 0.0204 e. The van der Waals surface area contributed by atoms with E-state index < -0.39 is 0 Å². The van der Waals surface area contributed by atoms with Crippen molar-refractivity contribution in [1.82, 2.24) is 10.2 Å². The second kappa shape index (κ2) is 4.97. The first-order valence-corrected chi connectivity index (χ1v) is 5.60. The Kier molecular flexibility index (Phi) is 4.20. The van der Waals surface area contributed by atoms with Crippen molar-refractivity contribution in [2.75, 3.05) is 20.1 Å². The molecule has 1 heterocycles. The summed E-state index contributed by atoms with van der Waals surface area (Å²) < 4.78 is 0. The molecular formula is C11H24N2. The molecule has 0 spiro atoms. The van der Waals surface area contributed by atoms with Gasteiger partial charge in [-0.15, -0.1) is 0 Å². The third-order valence-corrected chi connectivity index (χ3v) is 3.67. The lowest BCUT2D eigenvalue weighted by molar-refractivity contribution is 0.191. The molecule has 1 fully saturated rings. The Hall–Kier alpha value is -0.0800. The summed E-state index contributed by atoms with van der Waals surface area (Å²) in [5.74, 6) is 0.829. The molecule has 2 heteroatoms. The molecule has 1 saturated heterocycles. The molecule has 1 N–H and O–H groups in total. The molecule has 3 atom stereocenters. The van der Waals surface area contributed by atoms with Gasteiger partial charge in [0.1, 0.15) is 0 Å². The fourth-order valence-corrected chi connectivity index (χ4v) is 2.09. The average molecular weight is 184 g/mol. The van der Waals surface area contributed by atoms with Gasteiger partial charge in [0.05, 0.1) is 0 Å². The Labute approximate surface area is 82.7 Å². The molecular weight excluding hydrogens is 160 g/mol. The van der Waals surface area contributed by atoms with E-state index >= 15 is 0 Å². The highest BCUT2D eigenvalue weighted by Crippen LogP contribution is 2.19. The zero-order chi connectivity index (χ0) is 9.84. The van der Waals surface area contributed by atoms with E-state index in [1.807, 2.05) is 0 Å². The van der Waals surface area contributed by atoms with Gasteiger partial charge in [-0.1, -0.05) is 20.3 Å². The third kappa shape index (κ3) is 2.68. The summed E-state index contributed by atoms with van der Waals surface area (Å²) in [7, 11) is 2.07. The van der Waals surface area contributed by atoms with Gasteiger partial charge in [0.15, 0.2) is 0 Å². The standard InChI is InChI=1S/C11H24N2/c1-5-9(2)10(3)13-7-6-11(8-13)12-4/h9-12H,5-8H2,1-4H3. The van der Waals surface area contributed by atoms with E-state index in [0.29, 0.717) is 0 Å². The molecule has 78 valence electrons. The highest BCUT2D eigenvalue weighted by molar-refractivity contribution is 4.84. The van der Waals surface area contributed by atoms with Crippen molar-refractivity contribution in [3.63, 3.8) is 0 Å². The number of likely N-dealkylation sites (tertiary alicyclic amines) is 1. The molecule has 0 saturated carbocycles. The van der Waals surface area contributed by atoms with E-state index in [9.17, 15) is 0 Å². The van der Waals surface area contributed by atoms with E-state index in [0.717, 1.165) is 18.0 Å². The first kappa shape index (κ1) is 11.0. The third-order valence-electron chi connectivity index (χ3n) is 3.67. The lowest BCUT2D eigenvalue weighted by atomic mass is 10.00. The molecule has 0 amide bonds. The molecule has 1 rings (SSSR count). The van der Waals surface area contributed by atoms with Crippen LogP contribution in [0.1, 0.15) is 33.6 Å². The van der Waals surface area contributed by atoms with Crippen LogP contribution in [0.5, 0.6) is 0 Å². The maximum absolute atomic E-state index is 3.36. The van der Waals surface area contributed by atoms with Gasteiger partial charge < -0.3 is 5.32 Å². The van der Waals surface area contributed by atoms with Gasteiger partial charge >= 0.3 is 0 Å². The zero-order valence-corrected chi connectivity index (χ0v) is 9.51. The highest BCUT2D eigenvalue weighted by Gasteiger charge is 2.26. The van der Waals surface area contributed by atoms with Gasteiger partial charge in [-0.25, -0.2) is 0 Å². The number of likely N-dealkylation sites (N-methyl/N-ethyl adjacent to an activating group) is 1. The highest BCUT2D eigenvalue weighted by atomic mass is 15.2. The van der Waals surface area contributed by atoms with Gasteiger partial charge in [0, 0.05) is 25.2 Å². The Morgan fingerprint density at radius 3 is 2.62 bits per heavy atom. The molecule has 13 heavy (non-hydrogen) atoms. The van der Waals surface area contributed by atoms with E-state index in [1.165, 1.54) is 25.9 Å². The van der Waals surface area contributed by atoms with E-state index in [1.54, 1.807) is 0 Å². The fraction of sp³-hybridized carbons (Fsp3) is 1.00. The van der Waals surface area contributed by atoms with Crippen LogP contribution in [-0.4, -0.2) is 37.1 Å². The van der Waals surface area contributed by atoms with Crippen molar-refractivity contribution in [2.45, 2.75) is 45.7 Å². The van der Waals surface area contributed by atoms with Gasteiger partial charge in [0.2, 0.25) is 0 Å². The lowest BCUT2D eigenvalue weighted by Crippen LogP contribution is -2.38. The van der Waals surface area contributed by atoms with Crippen molar-refractivity contribution in [3.8, 4) is 0 Å². The van der Waals surface area contributed by atoms with Crippen molar-refractivity contribution in [2.24, 2.45) is 5.92 Å².